The van der Waals surface area contributed by atoms with Crippen LogP contribution in [0.5, 0.6) is 0 Å². The first kappa shape index (κ1) is 18.1. The molecule has 0 atom stereocenters. The smallest absolute Gasteiger partial charge is 0.193 e. The molecule has 1 N–H and O–H groups in total. The maximum absolute atomic E-state index is 4.29. The predicted molar refractivity (Wildman–Crippen MR) is 92.3 cm³/mol. The highest BCUT2D eigenvalue weighted by Crippen LogP contribution is 1.96. The zero-order chi connectivity index (χ0) is 13.2. The number of nitrogens with one attached hydrogen (secondary N) is 1. The summed E-state index contributed by atoms with van der Waals surface area (Å²) >= 11 is 0. The summed E-state index contributed by atoms with van der Waals surface area (Å²) in [6.07, 6.45) is 7.07. The lowest BCUT2D eigenvalue weighted by Gasteiger charge is -2.21. The molecule has 0 saturated heterocycles. The highest BCUT2D eigenvalue weighted by Gasteiger charge is 2.03. The SMILES string of the molecule is CCCCN(C)C(=NC)NCCc1cccnc1.I. The van der Waals surface area contributed by atoms with Gasteiger partial charge in [-0.25, -0.2) is 0 Å². The van der Waals surface area contributed by atoms with E-state index >= 15 is 0 Å². The van der Waals surface area contributed by atoms with E-state index in [1.165, 1.54) is 18.4 Å². The van der Waals surface area contributed by atoms with Crippen LogP contribution in [-0.2, 0) is 6.42 Å². The van der Waals surface area contributed by atoms with E-state index in [0.29, 0.717) is 0 Å². The minimum absolute atomic E-state index is 0. The van der Waals surface area contributed by atoms with Crippen molar-refractivity contribution in [3.05, 3.63) is 30.1 Å². The molecule has 0 unspecified atom stereocenters. The number of halogens is 1. The van der Waals surface area contributed by atoms with Crippen molar-refractivity contribution < 1.29 is 0 Å². The average Bonchev–Trinajstić information content (AvgIpc) is 2.42. The van der Waals surface area contributed by atoms with Crippen molar-refractivity contribution in [2.75, 3.05) is 27.2 Å². The fourth-order valence-corrected chi connectivity index (χ4v) is 1.75. The first-order valence-electron chi connectivity index (χ1n) is 6.58. The van der Waals surface area contributed by atoms with E-state index in [-0.39, 0.29) is 24.0 Å². The number of unbranched alkanes of at least 4 members (excludes halogenated alkanes) is 1. The number of nitrogens with zero attached hydrogens (tertiary/aromatic N) is 3. The van der Waals surface area contributed by atoms with Gasteiger partial charge in [0.1, 0.15) is 0 Å². The number of aliphatic imine (C=N–C) groups is 1. The lowest BCUT2D eigenvalue weighted by molar-refractivity contribution is 0.465. The Bertz CT molecular complexity index is 354. The van der Waals surface area contributed by atoms with Crippen molar-refractivity contribution in [3.8, 4) is 0 Å². The molecule has 0 aromatic carbocycles. The third-order valence-corrected chi connectivity index (χ3v) is 2.84. The Labute approximate surface area is 133 Å². The van der Waals surface area contributed by atoms with E-state index in [2.05, 4.69) is 40.2 Å². The molecule has 1 rings (SSSR count). The van der Waals surface area contributed by atoms with Gasteiger partial charge in [0.2, 0.25) is 0 Å². The maximum Gasteiger partial charge on any atom is 0.193 e. The van der Waals surface area contributed by atoms with Crippen LogP contribution in [0.4, 0.5) is 0 Å². The molecule has 1 aromatic rings. The summed E-state index contributed by atoms with van der Waals surface area (Å²) in [5.74, 6) is 0.965. The maximum atomic E-state index is 4.29. The second-order valence-corrected chi connectivity index (χ2v) is 4.36. The molecule has 0 amide bonds. The summed E-state index contributed by atoms with van der Waals surface area (Å²) in [5.41, 5.74) is 1.25. The Morgan fingerprint density at radius 1 is 1.47 bits per heavy atom. The van der Waals surface area contributed by atoms with E-state index in [1.54, 1.807) is 6.20 Å². The molecular formula is C14H25IN4. The summed E-state index contributed by atoms with van der Waals surface area (Å²) in [7, 11) is 3.91. The Hall–Kier alpha value is -0.850. The molecule has 0 bridgehead atoms. The second kappa shape index (κ2) is 11.0. The van der Waals surface area contributed by atoms with Gasteiger partial charge in [-0.1, -0.05) is 19.4 Å². The summed E-state index contributed by atoms with van der Waals surface area (Å²) in [6, 6.07) is 4.07. The topological polar surface area (TPSA) is 40.5 Å². The molecule has 0 spiro atoms. The largest absolute Gasteiger partial charge is 0.356 e. The van der Waals surface area contributed by atoms with Gasteiger partial charge in [0.05, 0.1) is 0 Å². The first-order chi connectivity index (χ1) is 8.77. The molecule has 1 aromatic heterocycles. The Morgan fingerprint density at radius 2 is 2.26 bits per heavy atom. The number of rotatable bonds is 6. The molecule has 5 heteroatoms. The monoisotopic (exact) mass is 376 g/mol. The van der Waals surface area contributed by atoms with E-state index in [0.717, 1.165) is 25.5 Å². The van der Waals surface area contributed by atoms with Gasteiger partial charge in [-0.05, 0) is 24.5 Å². The van der Waals surface area contributed by atoms with Gasteiger partial charge in [0.15, 0.2) is 5.96 Å². The number of aromatic nitrogens is 1. The minimum Gasteiger partial charge on any atom is -0.356 e. The predicted octanol–water partition coefficient (Wildman–Crippen LogP) is 2.55. The van der Waals surface area contributed by atoms with Gasteiger partial charge in [-0.3, -0.25) is 9.98 Å². The Kier molecular flexibility index (Phi) is 10.5. The summed E-state index contributed by atoms with van der Waals surface area (Å²) in [5, 5.41) is 3.37. The van der Waals surface area contributed by atoms with Crippen molar-refractivity contribution in [1.29, 1.82) is 0 Å². The highest BCUT2D eigenvalue weighted by atomic mass is 127. The van der Waals surface area contributed by atoms with Crippen LogP contribution in [0.3, 0.4) is 0 Å². The average molecular weight is 376 g/mol. The summed E-state index contributed by atoms with van der Waals surface area (Å²) in [6.45, 7) is 4.13. The van der Waals surface area contributed by atoms with Crippen molar-refractivity contribution in [3.63, 3.8) is 0 Å². The van der Waals surface area contributed by atoms with Crippen molar-refractivity contribution >= 4 is 29.9 Å². The van der Waals surface area contributed by atoms with Crippen LogP contribution in [0.1, 0.15) is 25.3 Å². The first-order valence-corrected chi connectivity index (χ1v) is 6.58. The number of guanidine groups is 1. The normalized spacial score (nSPS) is 10.8. The van der Waals surface area contributed by atoms with Gasteiger partial charge >= 0.3 is 0 Å². The van der Waals surface area contributed by atoms with Crippen molar-refractivity contribution in [1.82, 2.24) is 15.2 Å². The highest BCUT2D eigenvalue weighted by molar-refractivity contribution is 14.0. The van der Waals surface area contributed by atoms with Crippen LogP contribution >= 0.6 is 24.0 Å². The van der Waals surface area contributed by atoms with Crippen LogP contribution in [-0.4, -0.2) is 43.0 Å². The number of hydrogen-bond acceptors (Lipinski definition) is 2. The van der Waals surface area contributed by atoms with E-state index in [1.807, 2.05) is 19.3 Å². The van der Waals surface area contributed by atoms with Crippen molar-refractivity contribution in [2.24, 2.45) is 4.99 Å². The standard InChI is InChI=1S/C14H24N4.HI/c1-4-5-11-18(3)14(15-2)17-10-8-13-7-6-9-16-12-13;/h6-7,9,12H,4-5,8,10-11H2,1-3H3,(H,15,17);1H. The van der Waals surface area contributed by atoms with Crippen molar-refractivity contribution in [2.45, 2.75) is 26.2 Å². The van der Waals surface area contributed by atoms with Gasteiger partial charge in [-0.15, -0.1) is 24.0 Å². The second-order valence-electron chi connectivity index (χ2n) is 4.36. The van der Waals surface area contributed by atoms with Crippen LogP contribution in [0, 0.1) is 0 Å². The van der Waals surface area contributed by atoms with Crippen LogP contribution in [0.2, 0.25) is 0 Å². The zero-order valence-electron chi connectivity index (χ0n) is 12.1. The third kappa shape index (κ3) is 7.34. The molecule has 0 radical (unpaired) electrons. The molecular weight excluding hydrogens is 351 g/mol. The zero-order valence-corrected chi connectivity index (χ0v) is 14.4. The molecule has 108 valence electrons. The van der Waals surface area contributed by atoms with Gasteiger partial charge in [0, 0.05) is 39.6 Å². The number of pyridine rings is 1. The van der Waals surface area contributed by atoms with E-state index < -0.39 is 0 Å². The molecule has 0 aliphatic carbocycles. The van der Waals surface area contributed by atoms with Gasteiger partial charge in [-0.2, -0.15) is 0 Å². The van der Waals surface area contributed by atoms with Gasteiger partial charge < -0.3 is 10.2 Å². The van der Waals surface area contributed by atoms with E-state index in [9.17, 15) is 0 Å². The third-order valence-electron chi connectivity index (χ3n) is 2.84. The molecule has 19 heavy (non-hydrogen) atoms. The molecule has 0 aliphatic rings. The molecule has 0 saturated carbocycles. The lowest BCUT2D eigenvalue weighted by atomic mass is 10.2. The minimum atomic E-state index is 0. The summed E-state index contributed by atoms with van der Waals surface area (Å²) in [4.78, 5) is 10.6. The van der Waals surface area contributed by atoms with Crippen LogP contribution in [0.25, 0.3) is 0 Å². The molecule has 1 heterocycles. The molecule has 0 aliphatic heterocycles. The molecule has 0 fully saturated rings. The summed E-state index contributed by atoms with van der Waals surface area (Å²) < 4.78 is 0. The molecule has 4 nitrogen and oxygen atoms in total. The van der Waals surface area contributed by atoms with Crippen LogP contribution in [0.15, 0.2) is 29.5 Å². The fourth-order valence-electron chi connectivity index (χ4n) is 1.75. The van der Waals surface area contributed by atoms with Crippen LogP contribution < -0.4 is 5.32 Å². The lowest BCUT2D eigenvalue weighted by Crippen LogP contribution is -2.40. The van der Waals surface area contributed by atoms with Gasteiger partial charge in [0.25, 0.3) is 0 Å². The Balaban J connectivity index is 0.00000324. The number of hydrogen-bond donors (Lipinski definition) is 1. The quantitative estimate of drug-likeness (QED) is 0.471. The van der Waals surface area contributed by atoms with E-state index in [4.69, 9.17) is 0 Å². The fraction of sp³-hybridized carbons (Fsp3) is 0.571. The Morgan fingerprint density at radius 3 is 2.84 bits per heavy atom.